The van der Waals surface area contributed by atoms with Gasteiger partial charge in [0, 0.05) is 62.9 Å². The van der Waals surface area contributed by atoms with Crippen molar-refractivity contribution in [2.45, 2.75) is 346 Å². The van der Waals surface area contributed by atoms with Gasteiger partial charge in [-0.2, -0.15) is 29.9 Å². The second-order valence-electron chi connectivity index (χ2n) is 34.6. The summed E-state index contributed by atoms with van der Waals surface area (Å²) < 4.78 is 14.0. The molecule has 2 aromatic rings. The average Bonchev–Trinajstić information content (AvgIpc) is 0.995. The normalized spacial score (nSPS) is 28.2. The van der Waals surface area contributed by atoms with E-state index in [9.17, 15) is 10.4 Å². The van der Waals surface area contributed by atoms with Gasteiger partial charge in [0.1, 0.15) is 12.2 Å². The zero-order valence-corrected chi connectivity index (χ0v) is 57.4. The van der Waals surface area contributed by atoms with Gasteiger partial charge in [0.15, 0.2) is 0 Å². The Morgan fingerprint density at radius 3 is 0.767 bits per heavy atom. The zero-order chi connectivity index (χ0) is 64.5. The maximum absolute atomic E-state index is 9.48. The Labute approximate surface area is 514 Å². The molecule has 8 heterocycles. The second kappa shape index (κ2) is 22.6. The van der Waals surface area contributed by atoms with E-state index in [0.29, 0.717) is 114 Å². The maximum Gasteiger partial charge on any atom is 0.323 e. The van der Waals surface area contributed by atoms with Crippen LogP contribution in [0.3, 0.4) is 0 Å². The number of piperidine rings is 6. The van der Waals surface area contributed by atoms with Crippen molar-refractivity contribution in [3.8, 4) is 12.0 Å². The second-order valence-corrected chi connectivity index (χ2v) is 34.6. The molecule has 6 saturated heterocycles. The number of hydrogen-bond donors (Lipinski definition) is 2. The van der Waals surface area contributed by atoms with Crippen LogP contribution < -0.4 is 29.9 Å². The van der Waals surface area contributed by atoms with Crippen molar-refractivity contribution in [3.05, 3.63) is 0 Å². The molecule has 8 rings (SSSR count). The summed E-state index contributed by atoms with van der Waals surface area (Å²) in [4.78, 5) is 36.4. The van der Waals surface area contributed by atoms with Gasteiger partial charge in [-0.25, -0.2) is 0 Å². The Balaban J connectivity index is 1.29. The van der Waals surface area contributed by atoms with Crippen LogP contribution in [0, 0.1) is 0 Å². The summed E-state index contributed by atoms with van der Waals surface area (Å²) in [5.74, 6) is 1.67. The lowest BCUT2D eigenvalue weighted by atomic mass is 9.78. The highest BCUT2D eigenvalue weighted by atomic mass is 16.5. The number of nitrogens with one attached hydrogen (secondary N) is 2. The van der Waals surface area contributed by atoms with E-state index in [2.05, 4.69) is 187 Å². The first-order chi connectivity index (χ1) is 38.9. The van der Waals surface area contributed by atoms with Crippen LogP contribution in [0.4, 0.5) is 23.8 Å². The quantitative estimate of drug-likeness (QED) is 0.196. The number of aromatic nitrogens is 6. The molecule has 0 bridgehead atoms. The van der Waals surface area contributed by atoms with Crippen molar-refractivity contribution in [2.24, 2.45) is 0 Å². The summed E-state index contributed by atoms with van der Waals surface area (Å²) >= 11 is 0. The Hall–Kier alpha value is -3.66. The molecule has 0 unspecified atom stereocenters. The zero-order valence-electron chi connectivity index (χ0n) is 57.4. The fraction of sp³-hybridized carbons (Fsp3) is 0.903. The van der Waals surface area contributed by atoms with Crippen LogP contribution in [-0.2, 0) is 0 Å². The smallest absolute Gasteiger partial charge is 0.323 e. The van der Waals surface area contributed by atoms with Gasteiger partial charge in [-0.15, -0.1) is 0 Å². The molecule has 0 spiro atoms. The predicted octanol–water partition coefficient (Wildman–Crippen LogP) is 5.92. The van der Waals surface area contributed by atoms with Gasteiger partial charge in [0.2, 0.25) is 23.8 Å². The van der Waals surface area contributed by atoms with Crippen LogP contribution in [0.25, 0.3) is 0 Å². The summed E-state index contributed by atoms with van der Waals surface area (Å²) in [5, 5.41) is 73.3. The average molecular weight is 1220 g/mol. The minimum Gasteiger partial charge on any atom is -0.460 e. The first kappa shape index (κ1) is 68.3. The van der Waals surface area contributed by atoms with E-state index in [1.165, 1.54) is 0 Å². The van der Waals surface area contributed by atoms with Gasteiger partial charge in [-0.3, -0.25) is 0 Å². The van der Waals surface area contributed by atoms with Gasteiger partial charge in [-0.1, -0.05) is 30.4 Å². The monoisotopic (exact) mass is 1220 g/mol. The lowest BCUT2D eigenvalue weighted by Gasteiger charge is -2.52. The summed E-state index contributed by atoms with van der Waals surface area (Å²) in [6.45, 7) is 51.6. The fourth-order valence-electron chi connectivity index (χ4n) is 17.2. The molecule has 6 aliphatic rings. The molecule has 0 amide bonds. The van der Waals surface area contributed by atoms with Crippen molar-refractivity contribution in [2.75, 3.05) is 33.5 Å². The molecule has 0 saturated carbocycles. The topological polar surface area (TPSA) is 283 Å². The standard InChI is InChI=1S/C62H114N16O8/c1-51(2)27-39(28-52(3,4)73(51)79)63-45-65-47(69-49(67-45)85-43-35-59(17,18)77(83)60(19,20)36-43)71(41-31-55(9,10)75(81)56(11,12)32-41)25-26-72(42-33-57(13,14)76(82)58(15,16)34-42)48-66-46(64-40-29-53(5,6)74(80)54(7,8)30-40)68-50(70-48)86-44-37-61(21,22)78(84)62(23,24)38-44/h39-44,79-84H,25-38H2,1-24H3,(H,63,65,67,69)(H,64,66,68,70)/p+6. The summed E-state index contributed by atoms with van der Waals surface area (Å²) in [7, 11) is 0. The highest BCUT2D eigenvalue weighted by Gasteiger charge is 2.56. The number of nitrogens with zero attached hydrogens (tertiary/aromatic N) is 14. The molecule has 0 radical (unpaired) electrons. The highest BCUT2D eigenvalue weighted by molar-refractivity contribution is 5.45. The molecule has 0 aliphatic carbocycles. The van der Waals surface area contributed by atoms with E-state index in [1.807, 2.05) is 0 Å². The third kappa shape index (κ3) is 14.1. The molecule has 86 heavy (non-hydrogen) atoms. The largest absolute Gasteiger partial charge is 0.460 e. The molecular weight excluding hydrogens is 1100 g/mol. The van der Waals surface area contributed by atoms with Gasteiger partial charge in [0.05, 0.1) is 66.5 Å². The van der Waals surface area contributed by atoms with E-state index < -0.39 is 66.5 Å². The van der Waals surface area contributed by atoms with E-state index in [-0.39, 0.29) is 48.4 Å². The van der Waals surface area contributed by atoms with E-state index in [1.54, 1.807) is 30.4 Å². The van der Waals surface area contributed by atoms with Crippen molar-refractivity contribution in [3.63, 3.8) is 0 Å². The molecular formula is C62H120N16O8+6. The summed E-state index contributed by atoms with van der Waals surface area (Å²) in [6, 6.07) is -0.0753. The van der Waals surface area contributed by atoms with E-state index in [0.717, 1.165) is 0 Å². The molecule has 24 nitrogen and oxygen atoms in total. The minimum atomic E-state index is -0.547. The van der Waals surface area contributed by atoms with Crippen LogP contribution >= 0.6 is 0 Å². The van der Waals surface area contributed by atoms with Crippen molar-refractivity contribution >= 4 is 23.8 Å². The van der Waals surface area contributed by atoms with Crippen LogP contribution in [0.2, 0.25) is 0 Å². The number of rotatable bonds is 15. The van der Waals surface area contributed by atoms with Gasteiger partial charge < -0.3 is 61.2 Å². The van der Waals surface area contributed by atoms with Gasteiger partial charge >= 0.3 is 12.0 Å². The third-order valence-electron chi connectivity index (χ3n) is 20.5. The number of anilines is 4. The Morgan fingerprint density at radius 2 is 0.535 bits per heavy atom. The van der Waals surface area contributed by atoms with Crippen LogP contribution in [0.1, 0.15) is 243 Å². The SMILES string of the molecule is CC1(C)CC(Nc2nc(OC3CC(C)(C)N([OH2+])C(C)(C)C3)nc(N(CCN(c3nc(NC4CC(C)(C)N([OH2+])C(C)(C)C4)nc(OC4CC(C)(C)N([OH2+])C(C)(C)C4)n3)C3CC(C)(C)N([OH2+])C(C)(C)C3)C3CC(C)(C)N([OH2+])C(C)(C)C3)n2)CC(C)(C)N1[OH2+]. The van der Waals surface area contributed by atoms with Crippen LogP contribution in [0.5, 0.6) is 12.0 Å². The molecule has 0 aromatic carbocycles. The fourth-order valence-corrected chi connectivity index (χ4v) is 17.2. The lowest BCUT2D eigenvalue weighted by Crippen LogP contribution is -2.65. The molecule has 490 valence electrons. The van der Waals surface area contributed by atoms with Crippen LogP contribution in [0.15, 0.2) is 0 Å². The third-order valence-corrected chi connectivity index (χ3v) is 20.5. The Bertz CT molecular complexity index is 2320. The first-order valence-corrected chi connectivity index (χ1v) is 31.9. The lowest BCUT2D eigenvalue weighted by molar-refractivity contribution is -0.255. The van der Waals surface area contributed by atoms with Gasteiger partial charge in [-0.05, 0) is 218 Å². The maximum atomic E-state index is 9.48. The number of hydrogen-bond acceptors (Lipinski definition) is 18. The van der Waals surface area contributed by atoms with Crippen molar-refractivity contribution in [1.82, 2.24) is 60.3 Å². The molecule has 2 aromatic heterocycles. The van der Waals surface area contributed by atoms with E-state index in [4.69, 9.17) is 60.2 Å². The highest BCUT2D eigenvalue weighted by Crippen LogP contribution is 2.46. The summed E-state index contributed by atoms with van der Waals surface area (Å²) in [6.07, 6.45) is 7.00. The molecule has 0 atom stereocenters. The molecule has 24 heteroatoms. The van der Waals surface area contributed by atoms with Gasteiger partial charge in [0.25, 0.3) is 0 Å². The minimum absolute atomic E-state index is 0.0755. The predicted molar refractivity (Wildman–Crippen MR) is 343 cm³/mol. The summed E-state index contributed by atoms with van der Waals surface area (Å²) in [5.41, 5.74) is -5.92. The Kier molecular flexibility index (Phi) is 18.0. The van der Waals surface area contributed by atoms with Crippen molar-refractivity contribution in [1.29, 1.82) is 0 Å². The Morgan fingerprint density at radius 1 is 0.326 bits per heavy atom. The molecule has 6 fully saturated rings. The molecule has 14 N–H and O–H groups in total. The van der Waals surface area contributed by atoms with Crippen LogP contribution in [-0.4, -0.2) is 207 Å². The first-order valence-electron chi connectivity index (χ1n) is 31.9. The number of ether oxygens (including phenoxy) is 2. The number of hydroxylamine groups is 12. The molecule has 6 aliphatic heterocycles. The van der Waals surface area contributed by atoms with E-state index >= 15 is 0 Å². The van der Waals surface area contributed by atoms with Crippen molar-refractivity contribution < 1.29 is 40.7 Å².